The van der Waals surface area contributed by atoms with Gasteiger partial charge in [-0.05, 0) is 31.5 Å². The third-order valence-electron chi connectivity index (χ3n) is 6.29. The van der Waals surface area contributed by atoms with Crippen LogP contribution < -0.4 is 4.74 Å². The largest absolute Gasteiger partial charge is 0.497 e. The Morgan fingerprint density at radius 2 is 1.86 bits per heavy atom. The molecule has 0 aliphatic carbocycles. The number of aromatic nitrogens is 5. The van der Waals surface area contributed by atoms with Gasteiger partial charge in [-0.15, -0.1) is 0 Å². The van der Waals surface area contributed by atoms with Gasteiger partial charge in [0.2, 0.25) is 0 Å². The highest BCUT2D eigenvalue weighted by Gasteiger charge is 2.36. The summed E-state index contributed by atoms with van der Waals surface area (Å²) < 4.78 is 47.6. The summed E-state index contributed by atoms with van der Waals surface area (Å²) in [6, 6.07) is 8.26. The van der Waals surface area contributed by atoms with Crippen molar-refractivity contribution in [3.05, 3.63) is 58.5 Å². The number of halogens is 3. The third-order valence-corrected chi connectivity index (χ3v) is 6.29. The average molecular weight is 484 g/mol. The van der Waals surface area contributed by atoms with Crippen LogP contribution in [-0.2, 0) is 33.2 Å². The van der Waals surface area contributed by atoms with Crippen LogP contribution in [0.15, 0.2) is 30.3 Å². The van der Waals surface area contributed by atoms with Crippen LogP contribution in [0.5, 0.6) is 5.75 Å². The van der Waals surface area contributed by atoms with E-state index in [4.69, 9.17) is 4.74 Å². The molecule has 0 bridgehead atoms. The van der Waals surface area contributed by atoms with E-state index in [-0.39, 0.29) is 18.1 Å². The van der Waals surface area contributed by atoms with Crippen molar-refractivity contribution >= 4 is 16.8 Å². The minimum absolute atomic E-state index is 0.186. The van der Waals surface area contributed by atoms with Crippen molar-refractivity contribution in [1.82, 2.24) is 29.4 Å². The minimum Gasteiger partial charge on any atom is -0.497 e. The van der Waals surface area contributed by atoms with E-state index >= 15 is 0 Å². The Kier molecular flexibility index (Phi) is 5.30. The number of carbonyl (C=O) groups is 1. The summed E-state index contributed by atoms with van der Waals surface area (Å²) in [5, 5.41) is 9.33. The number of nitrogens with zero attached hydrogens (tertiary/aromatic N) is 6. The van der Waals surface area contributed by atoms with E-state index in [2.05, 4.69) is 15.2 Å². The molecule has 0 fully saturated rings. The van der Waals surface area contributed by atoms with Gasteiger partial charge in [0.15, 0.2) is 0 Å². The fourth-order valence-corrected chi connectivity index (χ4v) is 4.64. The number of aryl methyl sites for hydroxylation is 3. The molecule has 35 heavy (non-hydrogen) atoms. The van der Waals surface area contributed by atoms with Gasteiger partial charge in [-0.3, -0.25) is 19.1 Å². The Bertz CT molecular complexity index is 1470. The first-order chi connectivity index (χ1) is 16.6. The molecule has 0 N–H and O–H groups in total. The van der Waals surface area contributed by atoms with E-state index in [1.165, 1.54) is 18.8 Å². The summed E-state index contributed by atoms with van der Waals surface area (Å²) in [7, 11) is 4.48. The quantitative estimate of drug-likeness (QED) is 0.441. The number of pyridine rings is 1. The SMILES string of the molecule is COc1cc(C(=O)N2CCc3c(nn(C)c3-c3cc(C(F)(F)F)n(C)n3)C2)c2ccc(C)nc2c1. The highest BCUT2D eigenvalue weighted by molar-refractivity contribution is 6.07. The molecule has 5 rings (SSSR count). The van der Waals surface area contributed by atoms with E-state index < -0.39 is 11.9 Å². The van der Waals surface area contributed by atoms with Gasteiger partial charge < -0.3 is 9.64 Å². The lowest BCUT2D eigenvalue weighted by molar-refractivity contribution is -0.143. The van der Waals surface area contributed by atoms with E-state index in [0.29, 0.717) is 41.2 Å². The summed E-state index contributed by atoms with van der Waals surface area (Å²) in [5.74, 6) is 0.349. The number of alkyl halides is 3. The van der Waals surface area contributed by atoms with Gasteiger partial charge in [0, 0.05) is 43.4 Å². The molecular weight excluding hydrogens is 461 g/mol. The van der Waals surface area contributed by atoms with Crippen LogP contribution in [0.25, 0.3) is 22.3 Å². The number of benzene rings is 1. The molecule has 0 saturated carbocycles. The Morgan fingerprint density at radius 1 is 1.09 bits per heavy atom. The molecule has 1 amide bonds. The summed E-state index contributed by atoms with van der Waals surface area (Å²) >= 11 is 0. The van der Waals surface area contributed by atoms with Crippen molar-refractivity contribution < 1.29 is 22.7 Å². The Balaban J connectivity index is 1.49. The van der Waals surface area contributed by atoms with Crippen molar-refractivity contribution in [3.63, 3.8) is 0 Å². The molecule has 0 saturated heterocycles. The Labute approximate surface area is 198 Å². The summed E-state index contributed by atoms with van der Waals surface area (Å²) in [6.07, 6.45) is -4.06. The van der Waals surface area contributed by atoms with Crippen LogP contribution in [-0.4, -0.2) is 49.0 Å². The number of ether oxygens (including phenoxy) is 1. The number of fused-ring (bicyclic) bond motifs is 2. The molecular formula is C24H23F3N6O2. The van der Waals surface area contributed by atoms with Crippen molar-refractivity contribution in [3.8, 4) is 17.1 Å². The molecule has 11 heteroatoms. The lowest BCUT2D eigenvalue weighted by Crippen LogP contribution is -2.36. The van der Waals surface area contributed by atoms with E-state index in [9.17, 15) is 18.0 Å². The van der Waals surface area contributed by atoms with Gasteiger partial charge in [0.05, 0.1) is 36.1 Å². The maximum Gasteiger partial charge on any atom is 0.433 e. The van der Waals surface area contributed by atoms with Gasteiger partial charge in [-0.25, -0.2) is 0 Å². The van der Waals surface area contributed by atoms with Gasteiger partial charge in [-0.2, -0.15) is 23.4 Å². The molecule has 0 radical (unpaired) electrons. The summed E-state index contributed by atoms with van der Waals surface area (Å²) in [5.41, 5.74) is 3.33. The average Bonchev–Trinajstić information content (AvgIpc) is 3.35. The van der Waals surface area contributed by atoms with Crippen LogP contribution in [0.2, 0.25) is 0 Å². The lowest BCUT2D eigenvalue weighted by Gasteiger charge is -2.27. The molecule has 4 aromatic rings. The maximum absolute atomic E-state index is 13.6. The monoisotopic (exact) mass is 484 g/mol. The molecule has 0 unspecified atom stereocenters. The van der Waals surface area contributed by atoms with Gasteiger partial charge >= 0.3 is 6.18 Å². The number of rotatable bonds is 3. The van der Waals surface area contributed by atoms with E-state index in [0.717, 1.165) is 27.4 Å². The van der Waals surface area contributed by atoms with Crippen LogP contribution in [0.1, 0.15) is 33.0 Å². The number of hydrogen-bond acceptors (Lipinski definition) is 5. The predicted molar refractivity (Wildman–Crippen MR) is 122 cm³/mol. The zero-order valence-electron chi connectivity index (χ0n) is 19.6. The molecule has 8 nitrogen and oxygen atoms in total. The van der Waals surface area contributed by atoms with E-state index in [1.807, 2.05) is 19.1 Å². The summed E-state index contributed by atoms with van der Waals surface area (Å²) in [6.45, 7) is 2.50. The molecule has 182 valence electrons. The maximum atomic E-state index is 13.6. The van der Waals surface area contributed by atoms with Crippen LogP contribution >= 0.6 is 0 Å². The minimum atomic E-state index is -4.51. The first-order valence-corrected chi connectivity index (χ1v) is 11.0. The predicted octanol–water partition coefficient (Wildman–Crippen LogP) is 3.90. The smallest absolute Gasteiger partial charge is 0.433 e. The molecule has 1 aromatic carbocycles. The van der Waals surface area contributed by atoms with Crippen LogP contribution in [0.4, 0.5) is 13.2 Å². The Morgan fingerprint density at radius 3 is 2.54 bits per heavy atom. The number of amides is 1. The van der Waals surface area contributed by atoms with Gasteiger partial charge in [0.1, 0.15) is 17.1 Å². The van der Waals surface area contributed by atoms with Crippen molar-refractivity contribution in [2.45, 2.75) is 26.1 Å². The van der Waals surface area contributed by atoms with Gasteiger partial charge in [0.25, 0.3) is 5.91 Å². The molecule has 0 spiro atoms. The second-order valence-electron chi connectivity index (χ2n) is 8.60. The van der Waals surface area contributed by atoms with Crippen LogP contribution in [0.3, 0.4) is 0 Å². The van der Waals surface area contributed by atoms with Crippen molar-refractivity contribution in [1.29, 1.82) is 0 Å². The zero-order chi connectivity index (χ0) is 25.1. The molecule has 4 heterocycles. The third kappa shape index (κ3) is 3.90. The lowest BCUT2D eigenvalue weighted by atomic mass is 10.0. The second-order valence-corrected chi connectivity index (χ2v) is 8.60. The van der Waals surface area contributed by atoms with Crippen molar-refractivity contribution in [2.24, 2.45) is 14.1 Å². The highest BCUT2D eigenvalue weighted by Crippen LogP contribution is 2.35. The van der Waals surface area contributed by atoms with E-state index in [1.54, 1.807) is 24.1 Å². The molecule has 0 atom stereocenters. The van der Waals surface area contributed by atoms with Crippen molar-refractivity contribution in [2.75, 3.05) is 13.7 Å². The van der Waals surface area contributed by atoms with Gasteiger partial charge in [-0.1, -0.05) is 6.07 Å². The topological polar surface area (TPSA) is 78.1 Å². The Hall–Kier alpha value is -3.89. The fraction of sp³-hybridized carbons (Fsp3) is 0.333. The normalized spacial score (nSPS) is 13.9. The summed E-state index contributed by atoms with van der Waals surface area (Å²) in [4.78, 5) is 19.8. The number of methoxy groups -OCH3 is 1. The zero-order valence-corrected chi connectivity index (χ0v) is 19.6. The number of carbonyl (C=O) groups excluding carboxylic acids is 1. The second kappa shape index (κ2) is 8.10. The first kappa shape index (κ1) is 22.9. The molecule has 3 aromatic heterocycles. The standard InChI is InChI=1S/C24H23F3N6O2/c1-13-5-6-15-17(9-14(35-4)10-18(15)28-13)23(34)33-8-7-16-20(12-33)30-32(3)22(16)19-11-21(24(25,26)27)31(2)29-19/h5-6,9-11H,7-8,12H2,1-4H3. The fourth-order valence-electron chi connectivity index (χ4n) is 4.64. The molecule has 1 aliphatic rings. The number of hydrogen-bond donors (Lipinski definition) is 0. The molecule has 1 aliphatic heterocycles. The van der Waals surface area contributed by atoms with Crippen LogP contribution in [0, 0.1) is 6.92 Å². The first-order valence-electron chi connectivity index (χ1n) is 11.0. The highest BCUT2D eigenvalue weighted by atomic mass is 19.4.